The molecule has 20 heavy (non-hydrogen) atoms. The molecule has 0 saturated heterocycles. The van der Waals surface area contributed by atoms with Gasteiger partial charge in [0.1, 0.15) is 5.01 Å². The van der Waals surface area contributed by atoms with E-state index in [1.165, 1.54) is 0 Å². The molecule has 0 aliphatic heterocycles. The molecule has 0 spiro atoms. The molecule has 3 nitrogen and oxygen atoms in total. The van der Waals surface area contributed by atoms with Crippen molar-refractivity contribution in [2.24, 2.45) is 0 Å². The summed E-state index contributed by atoms with van der Waals surface area (Å²) in [7, 11) is 0. The van der Waals surface area contributed by atoms with E-state index < -0.39 is 5.38 Å². The van der Waals surface area contributed by atoms with Crippen LogP contribution in [-0.2, 0) is 5.54 Å². The molecular formula is C15H19ClN2OS. The van der Waals surface area contributed by atoms with E-state index in [1.54, 1.807) is 18.3 Å². The van der Waals surface area contributed by atoms with E-state index in [4.69, 9.17) is 11.6 Å². The first kappa shape index (κ1) is 15.3. The summed E-state index contributed by atoms with van der Waals surface area (Å²) in [6.07, 6.45) is 1.81. The van der Waals surface area contributed by atoms with Crippen molar-refractivity contribution in [3.63, 3.8) is 0 Å². The van der Waals surface area contributed by atoms with E-state index in [-0.39, 0.29) is 11.3 Å². The van der Waals surface area contributed by atoms with Crippen LogP contribution in [0.2, 0.25) is 0 Å². The lowest BCUT2D eigenvalue weighted by Gasteiger charge is -2.28. The fraction of sp³-hybridized carbons (Fsp3) is 0.467. The van der Waals surface area contributed by atoms with Gasteiger partial charge in [-0.1, -0.05) is 0 Å². The highest BCUT2D eigenvalue weighted by Crippen LogP contribution is 2.32. The van der Waals surface area contributed by atoms with Crippen molar-refractivity contribution in [3.8, 4) is 0 Å². The van der Waals surface area contributed by atoms with Crippen LogP contribution >= 0.6 is 22.9 Å². The topological polar surface area (TPSA) is 34.9 Å². The number of carbonyl (C=O) groups excluding carboxylic acids is 1. The average Bonchev–Trinajstić information content (AvgIpc) is 2.96. The molecule has 2 aromatic heterocycles. The van der Waals surface area contributed by atoms with Crippen LogP contribution in [0.1, 0.15) is 47.5 Å². The van der Waals surface area contributed by atoms with Crippen LogP contribution < -0.4 is 0 Å². The van der Waals surface area contributed by atoms with Gasteiger partial charge in [0.2, 0.25) is 0 Å². The van der Waals surface area contributed by atoms with E-state index in [0.29, 0.717) is 5.56 Å². The van der Waals surface area contributed by atoms with Crippen LogP contribution in [0.3, 0.4) is 0 Å². The second kappa shape index (κ2) is 5.34. The van der Waals surface area contributed by atoms with Gasteiger partial charge in [-0.15, -0.1) is 22.9 Å². The summed E-state index contributed by atoms with van der Waals surface area (Å²) >= 11 is 7.56. The number of alkyl halides is 1. The van der Waals surface area contributed by atoms with E-state index in [2.05, 4.69) is 23.4 Å². The third-order valence-electron chi connectivity index (χ3n) is 3.57. The highest BCUT2D eigenvalue weighted by atomic mass is 35.5. The largest absolute Gasteiger partial charge is 0.337 e. The zero-order valence-corrected chi connectivity index (χ0v) is 14.0. The molecule has 0 saturated carbocycles. The number of aryl methyl sites for hydroxylation is 1. The van der Waals surface area contributed by atoms with E-state index in [1.807, 2.05) is 31.5 Å². The lowest BCUT2D eigenvalue weighted by Crippen LogP contribution is -2.29. The summed E-state index contributed by atoms with van der Waals surface area (Å²) in [6, 6.07) is 1.92. The maximum absolute atomic E-state index is 12.2. The molecule has 0 aliphatic rings. The number of halogens is 1. The zero-order valence-electron chi connectivity index (χ0n) is 12.4. The Labute approximate surface area is 128 Å². The number of thiazole rings is 1. The highest BCUT2D eigenvalue weighted by Gasteiger charge is 2.30. The molecule has 0 bridgehead atoms. The van der Waals surface area contributed by atoms with Crippen molar-refractivity contribution in [1.82, 2.24) is 9.55 Å². The average molecular weight is 311 g/mol. The third-order valence-corrected chi connectivity index (χ3v) is 4.86. The summed E-state index contributed by atoms with van der Waals surface area (Å²) in [4.78, 5) is 16.6. The van der Waals surface area contributed by atoms with Gasteiger partial charge in [0.15, 0.2) is 5.78 Å². The van der Waals surface area contributed by atoms with Crippen molar-refractivity contribution in [2.75, 3.05) is 0 Å². The summed E-state index contributed by atoms with van der Waals surface area (Å²) in [6.45, 7) is 9.92. The first-order valence-electron chi connectivity index (χ1n) is 6.54. The number of nitrogens with zero attached hydrogens (tertiary/aromatic N) is 2. The van der Waals surface area contributed by atoms with Crippen molar-refractivity contribution in [2.45, 2.75) is 45.5 Å². The van der Waals surface area contributed by atoms with Gasteiger partial charge in [-0.2, -0.15) is 0 Å². The van der Waals surface area contributed by atoms with Crippen molar-refractivity contribution >= 4 is 28.7 Å². The van der Waals surface area contributed by atoms with Crippen LogP contribution in [0.25, 0.3) is 0 Å². The number of aromatic nitrogens is 2. The Bertz CT molecular complexity index is 627. The van der Waals surface area contributed by atoms with Crippen LogP contribution in [0.5, 0.6) is 0 Å². The molecule has 2 heterocycles. The minimum atomic E-state index is -0.507. The van der Waals surface area contributed by atoms with Gasteiger partial charge < -0.3 is 4.57 Å². The summed E-state index contributed by atoms with van der Waals surface area (Å²) in [5, 5.41) is 2.49. The smallest absolute Gasteiger partial charge is 0.182 e. The second-order valence-corrected chi connectivity index (χ2v) is 7.05. The monoisotopic (exact) mass is 310 g/mol. The molecule has 0 radical (unpaired) electrons. The number of hydrogen-bond donors (Lipinski definition) is 0. The maximum atomic E-state index is 12.2. The number of ketones is 1. The molecule has 2 aromatic rings. The SMILES string of the molecule is Cc1cc(C(=O)C(C)Cl)c(C)n1C(C)(C)c1nccs1. The first-order valence-corrected chi connectivity index (χ1v) is 7.86. The van der Waals surface area contributed by atoms with Crippen LogP contribution in [-0.4, -0.2) is 20.7 Å². The van der Waals surface area contributed by atoms with Crippen LogP contribution in [0, 0.1) is 13.8 Å². The van der Waals surface area contributed by atoms with Gasteiger partial charge in [-0.05, 0) is 40.7 Å². The lowest BCUT2D eigenvalue weighted by atomic mass is 10.0. The van der Waals surface area contributed by atoms with Gasteiger partial charge >= 0.3 is 0 Å². The minimum absolute atomic E-state index is 0.0269. The maximum Gasteiger partial charge on any atom is 0.182 e. The zero-order chi connectivity index (χ0) is 15.1. The Hall–Kier alpha value is -1.13. The molecule has 5 heteroatoms. The molecule has 0 fully saturated rings. The Morgan fingerprint density at radius 2 is 2.10 bits per heavy atom. The molecule has 0 aliphatic carbocycles. The lowest BCUT2D eigenvalue weighted by molar-refractivity contribution is 0.0991. The molecule has 0 N–H and O–H groups in total. The van der Waals surface area contributed by atoms with Crippen molar-refractivity contribution < 1.29 is 4.79 Å². The van der Waals surface area contributed by atoms with E-state index >= 15 is 0 Å². The quantitative estimate of drug-likeness (QED) is 0.628. The number of carbonyl (C=O) groups is 1. The first-order chi connectivity index (χ1) is 9.26. The highest BCUT2D eigenvalue weighted by molar-refractivity contribution is 7.09. The second-order valence-electron chi connectivity index (χ2n) is 5.50. The molecule has 0 amide bonds. The molecule has 108 valence electrons. The summed E-state index contributed by atoms with van der Waals surface area (Å²) < 4.78 is 2.17. The Balaban J connectivity index is 2.57. The van der Waals surface area contributed by atoms with Crippen molar-refractivity contribution in [3.05, 3.63) is 39.6 Å². The number of Topliss-reactive ketones (excluding diaryl/α,β-unsaturated/α-hetero) is 1. The Kier molecular flexibility index (Phi) is 4.07. The van der Waals surface area contributed by atoms with Crippen molar-refractivity contribution in [1.29, 1.82) is 0 Å². The normalized spacial score (nSPS) is 13.5. The number of rotatable bonds is 4. The fourth-order valence-corrected chi connectivity index (χ4v) is 3.58. The van der Waals surface area contributed by atoms with E-state index in [9.17, 15) is 4.79 Å². The predicted molar refractivity (Wildman–Crippen MR) is 84.1 cm³/mol. The summed E-state index contributed by atoms with van der Waals surface area (Å²) in [5.41, 5.74) is 2.41. The van der Waals surface area contributed by atoms with Crippen LogP contribution in [0.4, 0.5) is 0 Å². The third kappa shape index (κ3) is 2.42. The van der Waals surface area contributed by atoms with Gasteiger partial charge in [0, 0.05) is 28.5 Å². The van der Waals surface area contributed by atoms with Crippen LogP contribution in [0.15, 0.2) is 17.6 Å². The summed E-state index contributed by atoms with van der Waals surface area (Å²) in [5.74, 6) is -0.0269. The molecular weight excluding hydrogens is 292 g/mol. The Morgan fingerprint density at radius 3 is 2.60 bits per heavy atom. The fourth-order valence-electron chi connectivity index (χ4n) is 2.71. The Morgan fingerprint density at radius 1 is 1.45 bits per heavy atom. The van der Waals surface area contributed by atoms with Gasteiger partial charge in [-0.25, -0.2) is 4.98 Å². The van der Waals surface area contributed by atoms with Gasteiger partial charge in [0.05, 0.1) is 10.9 Å². The standard InChI is InChI=1S/C15H19ClN2OS/c1-9-8-12(13(19)10(2)16)11(3)18(9)15(4,5)14-17-6-7-20-14/h6-8,10H,1-5H3. The molecule has 0 aromatic carbocycles. The van der Waals surface area contributed by atoms with Gasteiger partial charge in [-0.3, -0.25) is 4.79 Å². The predicted octanol–water partition coefficient (Wildman–Crippen LogP) is 4.15. The number of hydrogen-bond acceptors (Lipinski definition) is 3. The molecule has 1 unspecified atom stereocenters. The minimum Gasteiger partial charge on any atom is -0.337 e. The molecule has 1 atom stereocenters. The van der Waals surface area contributed by atoms with E-state index in [0.717, 1.165) is 16.4 Å². The van der Waals surface area contributed by atoms with Gasteiger partial charge in [0.25, 0.3) is 0 Å². The molecule has 2 rings (SSSR count).